The van der Waals surface area contributed by atoms with Crippen LogP contribution in [0.2, 0.25) is 0 Å². The summed E-state index contributed by atoms with van der Waals surface area (Å²) in [6, 6.07) is 21.7. The summed E-state index contributed by atoms with van der Waals surface area (Å²) in [6.45, 7) is 6.49. The van der Waals surface area contributed by atoms with Crippen LogP contribution in [0.1, 0.15) is 27.4 Å². The van der Waals surface area contributed by atoms with Crippen LogP contribution >= 0.6 is 0 Å². The number of hydrogen-bond donors (Lipinski definition) is 0. The predicted octanol–water partition coefficient (Wildman–Crippen LogP) is 4.13. The number of furan rings is 1. The lowest BCUT2D eigenvalue weighted by atomic mass is 10.1. The quantitative estimate of drug-likeness (QED) is 0.635. The number of carbonyl (C=O) groups is 1. The Morgan fingerprint density at radius 1 is 0.966 bits per heavy atom. The van der Waals surface area contributed by atoms with E-state index in [0.29, 0.717) is 31.2 Å². The van der Waals surface area contributed by atoms with Gasteiger partial charge in [0.25, 0.3) is 5.91 Å². The molecule has 1 saturated heterocycles. The minimum absolute atomic E-state index is 0.0498. The van der Waals surface area contributed by atoms with Crippen molar-refractivity contribution >= 4 is 5.91 Å². The normalized spacial score (nSPS) is 14.7. The molecule has 2 aromatic carbocycles. The third kappa shape index (κ3) is 5.06. The Kier molecular flexibility index (Phi) is 5.96. The standard InChI is InChI=1S/C24H26N2O3/c1-19-6-5-7-20(16-19)17-25-12-14-26(15-13-25)24(27)23-11-10-22(29-23)18-28-21-8-3-2-4-9-21/h2-11,16H,12-15,17-18H2,1H3. The Hall–Kier alpha value is -3.05. The average molecular weight is 390 g/mol. The Balaban J connectivity index is 1.28. The van der Waals surface area contributed by atoms with Gasteiger partial charge in [-0.2, -0.15) is 0 Å². The lowest BCUT2D eigenvalue weighted by Crippen LogP contribution is -2.48. The van der Waals surface area contributed by atoms with Crippen LogP contribution in [-0.4, -0.2) is 41.9 Å². The molecule has 5 heteroatoms. The highest BCUT2D eigenvalue weighted by Gasteiger charge is 2.24. The van der Waals surface area contributed by atoms with Crippen molar-refractivity contribution in [2.45, 2.75) is 20.1 Å². The number of hydrogen-bond acceptors (Lipinski definition) is 4. The molecule has 0 bridgehead atoms. The number of para-hydroxylation sites is 1. The fourth-order valence-corrected chi connectivity index (χ4v) is 3.58. The van der Waals surface area contributed by atoms with Gasteiger partial charge in [-0.3, -0.25) is 9.69 Å². The molecular formula is C24H26N2O3. The highest BCUT2D eigenvalue weighted by Crippen LogP contribution is 2.17. The van der Waals surface area contributed by atoms with Crippen LogP contribution in [0.5, 0.6) is 5.75 Å². The lowest BCUT2D eigenvalue weighted by Gasteiger charge is -2.34. The molecule has 0 unspecified atom stereocenters. The largest absolute Gasteiger partial charge is 0.486 e. The maximum Gasteiger partial charge on any atom is 0.289 e. The van der Waals surface area contributed by atoms with Crippen LogP contribution in [0.4, 0.5) is 0 Å². The number of rotatable bonds is 6. The zero-order chi connectivity index (χ0) is 20.1. The monoisotopic (exact) mass is 390 g/mol. The summed E-state index contributed by atoms with van der Waals surface area (Å²) in [7, 11) is 0. The summed E-state index contributed by atoms with van der Waals surface area (Å²) in [6.07, 6.45) is 0. The van der Waals surface area contributed by atoms with Crippen molar-refractivity contribution in [3.05, 3.63) is 89.4 Å². The van der Waals surface area contributed by atoms with Crippen molar-refractivity contribution in [2.75, 3.05) is 26.2 Å². The van der Waals surface area contributed by atoms with Gasteiger partial charge in [0.15, 0.2) is 5.76 Å². The van der Waals surface area contributed by atoms with E-state index in [0.717, 1.165) is 25.4 Å². The topological polar surface area (TPSA) is 45.9 Å². The molecule has 1 fully saturated rings. The van der Waals surface area contributed by atoms with E-state index in [9.17, 15) is 4.79 Å². The molecule has 0 aliphatic carbocycles. The molecule has 5 nitrogen and oxygen atoms in total. The van der Waals surface area contributed by atoms with Gasteiger partial charge in [0, 0.05) is 32.7 Å². The summed E-state index contributed by atoms with van der Waals surface area (Å²) in [5, 5.41) is 0. The molecule has 0 saturated carbocycles. The Labute approximate surface area is 171 Å². The number of piperazine rings is 1. The average Bonchev–Trinajstić information content (AvgIpc) is 3.22. The molecule has 0 atom stereocenters. The Bertz CT molecular complexity index is 944. The van der Waals surface area contributed by atoms with Gasteiger partial charge >= 0.3 is 0 Å². The third-order valence-corrected chi connectivity index (χ3v) is 5.14. The van der Waals surface area contributed by atoms with Gasteiger partial charge in [-0.15, -0.1) is 0 Å². The Morgan fingerprint density at radius 3 is 2.52 bits per heavy atom. The number of ether oxygens (including phenoxy) is 1. The van der Waals surface area contributed by atoms with Crippen molar-refractivity contribution in [1.29, 1.82) is 0 Å². The smallest absolute Gasteiger partial charge is 0.289 e. The van der Waals surface area contributed by atoms with Gasteiger partial charge in [0.2, 0.25) is 0 Å². The first-order chi connectivity index (χ1) is 14.2. The maximum absolute atomic E-state index is 12.8. The van der Waals surface area contributed by atoms with Gasteiger partial charge < -0.3 is 14.1 Å². The number of aryl methyl sites for hydroxylation is 1. The van der Waals surface area contributed by atoms with Gasteiger partial charge in [0.1, 0.15) is 18.1 Å². The Morgan fingerprint density at radius 2 is 1.76 bits per heavy atom. The van der Waals surface area contributed by atoms with Crippen LogP contribution < -0.4 is 4.74 Å². The van der Waals surface area contributed by atoms with E-state index >= 15 is 0 Å². The zero-order valence-electron chi connectivity index (χ0n) is 16.7. The zero-order valence-corrected chi connectivity index (χ0v) is 16.7. The second-order valence-corrected chi connectivity index (χ2v) is 7.43. The molecule has 1 aliphatic heterocycles. The first-order valence-electron chi connectivity index (χ1n) is 10.0. The van der Waals surface area contributed by atoms with Crippen LogP contribution in [0.25, 0.3) is 0 Å². The highest BCUT2D eigenvalue weighted by atomic mass is 16.5. The van der Waals surface area contributed by atoms with E-state index in [1.54, 1.807) is 6.07 Å². The number of amides is 1. The first-order valence-corrected chi connectivity index (χ1v) is 10.0. The van der Waals surface area contributed by atoms with Crippen molar-refractivity contribution in [1.82, 2.24) is 9.80 Å². The fourth-order valence-electron chi connectivity index (χ4n) is 3.58. The number of nitrogens with zero attached hydrogens (tertiary/aromatic N) is 2. The van der Waals surface area contributed by atoms with Gasteiger partial charge in [-0.1, -0.05) is 48.0 Å². The summed E-state index contributed by atoms with van der Waals surface area (Å²) in [5.41, 5.74) is 2.60. The first kappa shape index (κ1) is 19.3. The van der Waals surface area contributed by atoms with Gasteiger partial charge in [-0.05, 0) is 36.8 Å². The number of carbonyl (C=O) groups excluding carboxylic acids is 1. The summed E-state index contributed by atoms with van der Waals surface area (Å²) < 4.78 is 11.4. The molecule has 3 aromatic rings. The third-order valence-electron chi connectivity index (χ3n) is 5.14. The molecule has 29 heavy (non-hydrogen) atoms. The van der Waals surface area contributed by atoms with E-state index in [-0.39, 0.29) is 5.91 Å². The molecule has 1 amide bonds. The van der Waals surface area contributed by atoms with E-state index in [1.807, 2.05) is 41.3 Å². The fraction of sp³-hybridized carbons (Fsp3) is 0.292. The second kappa shape index (κ2) is 8.97. The molecular weight excluding hydrogens is 364 g/mol. The van der Waals surface area contributed by atoms with Crippen LogP contribution in [0.15, 0.2) is 71.1 Å². The summed E-state index contributed by atoms with van der Waals surface area (Å²) in [4.78, 5) is 17.0. The van der Waals surface area contributed by atoms with Crippen LogP contribution in [0, 0.1) is 6.92 Å². The van der Waals surface area contributed by atoms with E-state index in [4.69, 9.17) is 9.15 Å². The molecule has 0 N–H and O–H groups in total. The SMILES string of the molecule is Cc1cccc(CN2CCN(C(=O)c3ccc(COc4ccccc4)o3)CC2)c1. The molecule has 2 heterocycles. The van der Waals surface area contributed by atoms with Crippen molar-refractivity contribution < 1.29 is 13.9 Å². The van der Waals surface area contributed by atoms with Crippen molar-refractivity contribution in [3.8, 4) is 5.75 Å². The van der Waals surface area contributed by atoms with Crippen LogP contribution in [0.3, 0.4) is 0 Å². The molecule has 1 aromatic heterocycles. The minimum Gasteiger partial charge on any atom is -0.486 e. The highest BCUT2D eigenvalue weighted by molar-refractivity contribution is 5.91. The second-order valence-electron chi connectivity index (χ2n) is 7.43. The maximum atomic E-state index is 12.8. The summed E-state index contributed by atoms with van der Waals surface area (Å²) >= 11 is 0. The predicted molar refractivity (Wildman–Crippen MR) is 112 cm³/mol. The minimum atomic E-state index is -0.0498. The molecule has 0 spiro atoms. The van der Waals surface area contributed by atoms with Crippen molar-refractivity contribution in [2.24, 2.45) is 0 Å². The van der Waals surface area contributed by atoms with Gasteiger partial charge in [-0.25, -0.2) is 0 Å². The van der Waals surface area contributed by atoms with Gasteiger partial charge in [0.05, 0.1) is 0 Å². The number of benzene rings is 2. The lowest BCUT2D eigenvalue weighted by molar-refractivity contribution is 0.0594. The molecule has 150 valence electrons. The molecule has 0 radical (unpaired) electrons. The molecule has 4 rings (SSSR count). The van der Waals surface area contributed by atoms with Crippen LogP contribution in [-0.2, 0) is 13.2 Å². The van der Waals surface area contributed by atoms with Crippen molar-refractivity contribution in [3.63, 3.8) is 0 Å². The van der Waals surface area contributed by atoms with E-state index in [2.05, 4.69) is 36.1 Å². The molecule has 1 aliphatic rings. The summed E-state index contributed by atoms with van der Waals surface area (Å²) in [5.74, 6) is 1.76. The van der Waals surface area contributed by atoms with E-state index in [1.165, 1.54) is 11.1 Å². The van der Waals surface area contributed by atoms with E-state index < -0.39 is 0 Å².